The minimum absolute atomic E-state index is 0.0312. The minimum atomic E-state index is -0.739. The maximum absolute atomic E-state index is 15.1. The average molecular weight is 469 g/mol. The predicted octanol–water partition coefficient (Wildman–Crippen LogP) is 6.78. The lowest BCUT2D eigenvalue weighted by atomic mass is 10.1. The standard InChI is InChI=1S/C24H15Cl2FN2O3/c1-13-2-5-20-16(6-13)9-21(32-20)24(30)29-12-15-3-4-19(26)23(22(15)27)31-18-8-14(11-28)7-17(25)10-18/h2-10H,12H2,1H3,(H,29,30). The van der Waals surface area contributed by atoms with Crippen LogP contribution in [0.3, 0.4) is 0 Å². The van der Waals surface area contributed by atoms with Crippen LogP contribution in [0.25, 0.3) is 11.0 Å². The Labute approximate surface area is 192 Å². The molecule has 0 saturated heterocycles. The summed E-state index contributed by atoms with van der Waals surface area (Å²) in [4.78, 5) is 12.5. The maximum atomic E-state index is 15.1. The number of carbonyl (C=O) groups is 1. The first-order chi connectivity index (χ1) is 15.3. The molecule has 4 rings (SSSR count). The van der Waals surface area contributed by atoms with E-state index in [1.807, 2.05) is 25.1 Å². The largest absolute Gasteiger partial charge is 0.453 e. The molecule has 0 aliphatic rings. The molecule has 0 radical (unpaired) electrons. The van der Waals surface area contributed by atoms with Crippen molar-refractivity contribution in [3.8, 4) is 17.6 Å². The van der Waals surface area contributed by atoms with Gasteiger partial charge in [0.25, 0.3) is 5.91 Å². The first kappa shape index (κ1) is 21.7. The van der Waals surface area contributed by atoms with E-state index in [0.717, 1.165) is 10.9 Å². The van der Waals surface area contributed by atoms with E-state index < -0.39 is 11.7 Å². The molecule has 32 heavy (non-hydrogen) atoms. The number of hydrogen-bond donors (Lipinski definition) is 1. The highest BCUT2D eigenvalue weighted by Gasteiger charge is 2.18. The molecule has 1 aromatic heterocycles. The van der Waals surface area contributed by atoms with Crippen LogP contribution in [0.4, 0.5) is 4.39 Å². The van der Waals surface area contributed by atoms with Crippen LogP contribution in [0.1, 0.15) is 27.2 Å². The van der Waals surface area contributed by atoms with Gasteiger partial charge in [-0.15, -0.1) is 0 Å². The summed E-state index contributed by atoms with van der Waals surface area (Å²) in [5.74, 6) is -1.17. The molecule has 0 spiro atoms. The van der Waals surface area contributed by atoms with Gasteiger partial charge in [-0.2, -0.15) is 5.26 Å². The van der Waals surface area contributed by atoms with Crippen molar-refractivity contribution >= 4 is 40.1 Å². The Kier molecular flexibility index (Phi) is 6.04. The molecule has 0 aliphatic carbocycles. The summed E-state index contributed by atoms with van der Waals surface area (Å²) in [5.41, 5.74) is 2.05. The second kappa shape index (κ2) is 8.91. The van der Waals surface area contributed by atoms with Crippen molar-refractivity contribution in [1.82, 2.24) is 5.32 Å². The molecule has 0 unspecified atom stereocenters. The van der Waals surface area contributed by atoms with Crippen molar-refractivity contribution in [3.63, 3.8) is 0 Å². The topological polar surface area (TPSA) is 75.3 Å². The predicted molar refractivity (Wildman–Crippen MR) is 120 cm³/mol. The molecular formula is C24H15Cl2FN2O3. The second-order valence-corrected chi connectivity index (χ2v) is 7.92. The number of rotatable bonds is 5. The Morgan fingerprint density at radius 2 is 1.97 bits per heavy atom. The fourth-order valence-corrected chi connectivity index (χ4v) is 3.55. The molecule has 4 aromatic rings. The van der Waals surface area contributed by atoms with Gasteiger partial charge in [-0.05, 0) is 49.4 Å². The molecule has 0 fully saturated rings. The van der Waals surface area contributed by atoms with E-state index in [9.17, 15) is 4.79 Å². The Balaban J connectivity index is 1.53. The molecule has 160 valence electrons. The fraction of sp³-hybridized carbons (Fsp3) is 0.0833. The van der Waals surface area contributed by atoms with E-state index in [0.29, 0.717) is 5.58 Å². The number of furan rings is 1. The number of halogens is 3. The smallest absolute Gasteiger partial charge is 0.287 e. The zero-order chi connectivity index (χ0) is 22.8. The Morgan fingerprint density at radius 1 is 1.16 bits per heavy atom. The zero-order valence-electron chi connectivity index (χ0n) is 16.7. The number of amides is 1. The van der Waals surface area contributed by atoms with Gasteiger partial charge in [-0.1, -0.05) is 40.9 Å². The summed E-state index contributed by atoms with van der Waals surface area (Å²) in [5, 5.41) is 12.8. The van der Waals surface area contributed by atoms with Gasteiger partial charge in [-0.3, -0.25) is 4.79 Å². The molecule has 0 aliphatic heterocycles. The van der Waals surface area contributed by atoms with Gasteiger partial charge in [0, 0.05) is 22.5 Å². The molecule has 0 saturated carbocycles. The SMILES string of the molecule is Cc1ccc2oc(C(=O)NCc3ccc(Cl)c(Oc4cc(Cl)cc(C#N)c4)c3F)cc2c1. The van der Waals surface area contributed by atoms with Crippen molar-refractivity contribution in [2.24, 2.45) is 0 Å². The van der Waals surface area contributed by atoms with Crippen molar-refractivity contribution in [2.45, 2.75) is 13.5 Å². The molecule has 0 bridgehead atoms. The molecule has 3 aromatic carbocycles. The van der Waals surface area contributed by atoms with Crippen LogP contribution in [-0.2, 0) is 6.54 Å². The van der Waals surface area contributed by atoms with E-state index in [1.165, 1.54) is 30.3 Å². The summed E-state index contributed by atoms with van der Waals surface area (Å²) < 4.78 is 26.2. The Hall–Kier alpha value is -3.53. The molecule has 1 amide bonds. The number of aryl methyl sites for hydroxylation is 1. The first-order valence-corrected chi connectivity index (χ1v) is 10.2. The minimum Gasteiger partial charge on any atom is -0.453 e. The Morgan fingerprint density at radius 3 is 2.75 bits per heavy atom. The number of benzene rings is 3. The van der Waals surface area contributed by atoms with Gasteiger partial charge in [0.1, 0.15) is 11.3 Å². The lowest BCUT2D eigenvalue weighted by Gasteiger charge is -2.13. The van der Waals surface area contributed by atoms with Crippen LogP contribution in [0.15, 0.2) is 59.0 Å². The average Bonchev–Trinajstić information content (AvgIpc) is 3.18. The van der Waals surface area contributed by atoms with E-state index in [1.54, 1.807) is 12.1 Å². The summed E-state index contributed by atoms with van der Waals surface area (Å²) in [7, 11) is 0. The monoisotopic (exact) mass is 468 g/mol. The lowest BCUT2D eigenvalue weighted by molar-refractivity contribution is 0.0925. The molecule has 5 nitrogen and oxygen atoms in total. The van der Waals surface area contributed by atoms with E-state index >= 15 is 4.39 Å². The zero-order valence-corrected chi connectivity index (χ0v) is 18.2. The van der Waals surface area contributed by atoms with Gasteiger partial charge < -0.3 is 14.5 Å². The number of hydrogen-bond acceptors (Lipinski definition) is 4. The van der Waals surface area contributed by atoms with Crippen molar-refractivity contribution in [3.05, 3.63) is 92.9 Å². The normalized spacial score (nSPS) is 10.7. The van der Waals surface area contributed by atoms with Crippen LogP contribution in [0.5, 0.6) is 11.5 Å². The van der Waals surface area contributed by atoms with Crippen LogP contribution in [0, 0.1) is 24.1 Å². The highest BCUT2D eigenvalue weighted by molar-refractivity contribution is 6.32. The van der Waals surface area contributed by atoms with Crippen molar-refractivity contribution in [1.29, 1.82) is 5.26 Å². The van der Waals surface area contributed by atoms with E-state index in [4.69, 9.17) is 37.6 Å². The van der Waals surface area contributed by atoms with Gasteiger partial charge in [-0.25, -0.2) is 4.39 Å². The fourth-order valence-electron chi connectivity index (χ4n) is 3.14. The van der Waals surface area contributed by atoms with Gasteiger partial charge in [0.05, 0.1) is 16.7 Å². The number of ether oxygens (including phenoxy) is 1. The number of nitriles is 1. The summed E-state index contributed by atoms with van der Waals surface area (Å²) in [6, 6.07) is 16.4. The maximum Gasteiger partial charge on any atom is 0.287 e. The van der Waals surface area contributed by atoms with E-state index in [-0.39, 0.29) is 45.0 Å². The second-order valence-electron chi connectivity index (χ2n) is 7.07. The third kappa shape index (κ3) is 4.54. The van der Waals surface area contributed by atoms with Gasteiger partial charge >= 0.3 is 0 Å². The third-order valence-electron chi connectivity index (χ3n) is 4.68. The van der Waals surface area contributed by atoms with Crippen LogP contribution in [-0.4, -0.2) is 5.91 Å². The van der Waals surface area contributed by atoms with E-state index in [2.05, 4.69) is 5.32 Å². The number of nitrogens with zero attached hydrogens (tertiary/aromatic N) is 1. The first-order valence-electron chi connectivity index (χ1n) is 9.48. The van der Waals surface area contributed by atoms with Crippen LogP contribution < -0.4 is 10.1 Å². The van der Waals surface area contributed by atoms with Crippen LogP contribution in [0.2, 0.25) is 10.0 Å². The van der Waals surface area contributed by atoms with Crippen molar-refractivity contribution < 1.29 is 18.3 Å². The van der Waals surface area contributed by atoms with Crippen molar-refractivity contribution in [2.75, 3.05) is 0 Å². The number of nitrogens with one attached hydrogen (secondary N) is 1. The van der Waals surface area contributed by atoms with Gasteiger partial charge in [0.15, 0.2) is 17.3 Å². The number of carbonyl (C=O) groups excluding carboxylic acids is 1. The molecule has 8 heteroatoms. The number of fused-ring (bicyclic) bond motifs is 1. The third-order valence-corrected chi connectivity index (χ3v) is 5.20. The summed E-state index contributed by atoms with van der Waals surface area (Å²) in [6.45, 7) is 1.83. The Bertz CT molecular complexity index is 1390. The molecule has 0 atom stereocenters. The molecular weight excluding hydrogens is 454 g/mol. The lowest BCUT2D eigenvalue weighted by Crippen LogP contribution is -2.22. The summed E-state index contributed by atoms with van der Waals surface area (Å²) >= 11 is 12.1. The quantitative estimate of drug-likeness (QED) is 0.350. The highest BCUT2D eigenvalue weighted by Crippen LogP contribution is 2.35. The van der Waals surface area contributed by atoms with Gasteiger partial charge in [0.2, 0.25) is 0 Å². The molecule has 1 heterocycles. The van der Waals surface area contributed by atoms with Crippen LogP contribution >= 0.6 is 23.2 Å². The summed E-state index contributed by atoms with van der Waals surface area (Å²) in [6.07, 6.45) is 0. The highest BCUT2D eigenvalue weighted by atomic mass is 35.5. The molecule has 1 N–H and O–H groups in total.